The van der Waals surface area contributed by atoms with Gasteiger partial charge in [-0.25, -0.2) is 0 Å². The van der Waals surface area contributed by atoms with E-state index in [-0.39, 0.29) is 0 Å². The molecule has 3 aromatic rings. The number of rotatable bonds is 7. The molecule has 0 amide bonds. The molecule has 3 heteroatoms. The maximum atomic E-state index is 12.0. The summed E-state index contributed by atoms with van der Waals surface area (Å²) in [5.74, 6) is 0. The summed E-state index contributed by atoms with van der Waals surface area (Å²) in [5, 5.41) is 12.0. The zero-order chi connectivity index (χ0) is 20.1. The van der Waals surface area contributed by atoms with Crippen molar-refractivity contribution in [2.24, 2.45) is 0 Å². The maximum Gasteiger partial charge on any atom is 0.140 e. The Kier molecular flexibility index (Phi) is 6.05. The number of hydrogen-bond acceptors (Lipinski definition) is 3. The first-order chi connectivity index (χ1) is 13.5. The predicted molar refractivity (Wildman–Crippen MR) is 119 cm³/mol. The van der Waals surface area contributed by atoms with Gasteiger partial charge in [0.25, 0.3) is 0 Å². The fourth-order valence-electron chi connectivity index (χ4n) is 3.68. The van der Waals surface area contributed by atoms with E-state index in [9.17, 15) is 5.11 Å². The van der Waals surface area contributed by atoms with E-state index < -0.39 is 5.60 Å². The molecule has 0 aliphatic carbocycles. The molecule has 0 aliphatic heterocycles. The lowest BCUT2D eigenvalue weighted by Crippen LogP contribution is -2.29. The molecule has 1 atom stereocenters. The summed E-state index contributed by atoms with van der Waals surface area (Å²) in [6.45, 7) is 6.24. The average Bonchev–Trinajstić information content (AvgIpc) is 2.75. The molecule has 0 aromatic heterocycles. The molecule has 0 heterocycles. The molecule has 0 bridgehead atoms. The van der Waals surface area contributed by atoms with Gasteiger partial charge in [-0.15, -0.1) is 0 Å². The SMILES string of the molecule is CCN(CC)c1ccc(C(O)(c2ccccc2)c2ccc(N(C)C)cc2)cc1. The summed E-state index contributed by atoms with van der Waals surface area (Å²) in [4.78, 5) is 4.36. The normalized spacial score (nSPS) is 13.0. The molecule has 0 spiro atoms. The highest BCUT2D eigenvalue weighted by Crippen LogP contribution is 2.37. The minimum atomic E-state index is -1.20. The summed E-state index contributed by atoms with van der Waals surface area (Å²) >= 11 is 0. The van der Waals surface area contributed by atoms with E-state index in [2.05, 4.69) is 35.8 Å². The molecule has 146 valence electrons. The first-order valence-corrected chi connectivity index (χ1v) is 9.92. The van der Waals surface area contributed by atoms with Crippen LogP contribution in [0, 0.1) is 0 Å². The molecule has 0 saturated carbocycles. The minimum Gasteiger partial charge on any atom is -0.378 e. The Morgan fingerprint density at radius 3 is 1.50 bits per heavy atom. The molecule has 3 nitrogen and oxygen atoms in total. The van der Waals surface area contributed by atoms with Crippen molar-refractivity contribution in [3.8, 4) is 0 Å². The van der Waals surface area contributed by atoms with Gasteiger partial charge in [-0.2, -0.15) is 0 Å². The smallest absolute Gasteiger partial charge is 0.140 e. The van der Waals surface area contributed by atoms with E-state index in [0.29, 0.717) is 0 Å². The van der Waals surface area contributed by atoms with Gasteiger partial charge in [0.05, 0.1) is 0 Å². The summed E-state index contributed by atoms with van der Waals surface area (Å²) in [5.41, 5.74) is 3.67. The summed E-state index contributed by atoms with van der Waals surface area (Å²) < 4.78 is 0. The van der Waals surface area contributed by atoms with Crippen LogP contribution >= 0.6 is 0 Å². The number of aliphatic hydroxyl groups is 1. The Hall–Kier alpha value is -2.78. The van der Waals surface area contributed by atoms with Crippen molar-refractivity contribution < 1.29 is 5.11 Å². The molecular formula is C25H30N2O. The van der Waals surface area contributed by atoms with Crippen LogP contribution in [0.4, 0.5) is 11.4 Å². The van der Waals surface area contributed by atoms with Gasteiger partial charge in [0, 0.05) is 38.6 Å². The zero-order valence-corrected chi connectivity index (χ0v) is 17.3. The van der Waals surface area contributed by atoms with E-state index in [1.54, 1.807) is 0 Å². The number of hydrogen-bond donors (Lipinski definition) is 1. The monoisotopic (exact) mass is 374 g/mol. The molecule has 0 radical (unpaired) electrons. The quantitative estimate of drug-likeness (QED) is 0.597. The lowest BCUT2D eigenvalue weighted by atomic mass is 9.80. The Bertz CT molecular complexity index is 869. The molecule has 0 saturated heterocycles. The van der Waals surface area contributed by atoms with E-state index >= 15 is 0 Å². The molecule has 28 heavy (non-hydrogen) atoms. The van der Waals surface area contributed by atoms with Crippen LogP contribution in [0.25, 0.3) is 0 Å². The third kappa shape index (κ3) is 3.76. The van der Waals surface area contributed by atoms with Crippen LogP contribution in [0.15, 0.2) is 78.9 Å². The molecule has 3 rings (SSSR count). The fourth-order valence-corrected chi connectivity index (χ4v) is 3.68. The Morgan fingerprint density at radius 1 is 0.643 bits per heavy atom. The summed E-state index contributed by atoms with van der Waals surface area (Å²) in [6.07, 6.45) is 0. The molecule has 1 unspecified atom stereocenters. The minimum absolute atomic E-state index is 0.861. The van der Waals surface area contributed by atoms with Gasteiger partial charge in [-0.3, -0.25) is 0 Å². The van der Waals surface area contributed by atoms with Crippen molar-refractivity contribution in [3.05, 3.63) is 95.6 Å². The van der Waals surface area contributed by atoms with Gasteiger partial charge in [0.15, 0.2) is 0 Å². The van der Waals surface area contributed by atoms with Gasteiger partial charge in [-0.05, 0) is 54.8 Å². The van der Waals surface area contributed by atoms with Crippen LogP contribution < -0.4 is 9.80 Å². The highest BCUT2D eigenvalue weighted by Gasteiger charge is 2.33. The van der Waals surface area contributed by atoms with Gasteiger partial charge in [-0.1, -0.05) is 54.6 Å². The van der Waals surface area contributed by atoms with Crippen LogP contribution in [-0.4, -0.2) is 32.3 Å². The number of anilines is 2. The maximum absolute atomic E-state index is 12.0. The average molecular weight is 375 g/mol. The standard InChI is InChI=1S/C25H30N2O/c1-5-27(6-2)24-18-14-22(15-19-24)25(28,20-10-8-7-9-11-20)21-12-16-23(17-13-21)26(3)4/h7-19,28H,5-6H2,1-4H3. The Morgan fingerprint density at radius 2 is 1.07 bits per heavy atom. The van der Waals surface area contributed by atoms with E-state index in [4.69, 9.17) is 0 Å². The van der Waals surface area contributed by atoms with Crippen LogP contribution in [0.1, 0.15) is 30.5 Å². The lowest BCUT2D eigenvalue weighted by Gasteiger charge is -2.31. The Labute approximate surface area is 168 Å². The highest BCUT2D eigenvalue weighted by atomic mass is 16.3. The molecule has 3 aromatic carbocycles. The van der Waals surface area contributed by atoms with Gasteiger partial charge in [0.1, 0.15) is 5.60 Å². The van der Waals surface area contributed by atoms with Crippen LogP contribution in [0.5, 0.6) is 0 Å². The zero-order valence-electron chi connectivity index (χ0n) is 17.3. The lowest BCUT2D eigenvalue weighted by molar-refractivity contribution is 0.126. The van der Waals surface area contributed by atoms with Crippen LogP contribution in [0.3, 0.4) is 0 Å². The number of nitrogens with zero attached hydrogens (tertiary/aromatic N) is 2. The second-order valence-electron chi connectivity index (χ2n) is 7.24. The predicted octanol–water partition coefficient (Wildman–Crippen LogP) is 4.88. The number of benzene rings is 3. The largest absolute Gasteiger partial charge is 0.378 e. The van der Waals surface area contributed by atoms with Gasteiger partial charge >= 0.3 is 0 Å². The van der Waals surface area contributed by atoms with Crippen molar-refractivity contribution >= 4 is 11.4 Å². The molecule has 0 fully saturated rings. The van der Waals surface area contributed by atoms with Gasteiger partial charge in [0.2, 0.25) is 0 Å². The van der Waals surface area contributed by atoms with E-state index in [0.717, 1.165) is 35.5 Å². The topological polar surface area (TPSA) is 26.7 Å². The summed E-state index contributed by atoms with van der Waals surface area (Å²) in [6, 6.07) is 26.3. The Balaban J connectivity index is 2.10. The van der Waals surface area contributed by atoms with Crippen molar-refractivity contribution in [1.82, 2.24) is 0 Å². The van der Waals surface area contributed by atoms with Crippen molar-refractivity contribution in [1.29, 1.82) is 0 Å². The first kappa shape index (κ1) is 20.0. The van der Waals surface area contributed by atoms with E-state index in [1.165, 1.54) is 5.69 Å². The third-order valence-electron chi connectivity index (χ3n) is 5.41. The highest BCUT2D eigenvalue weighted by molar-refractivity contribution is 5.55. The van der Waals surface area contributed by atoms with Crippen LogP contribution in [-0.2, 0) is 5.60 Å². The van der Waals surface area contributed by atoms with Crippen molar-refractivity contribution in [2.45, 2.75) is 19.4 Å². The fraction of sp³-hybridized carbons (Fsp3) is 0.280. The second kappa shape index (κ2) is 8.49. The molecule has 0 aliphatic rings. The summed E-state index contributed by atoms with van der Waals surface area (Å²) in [7, 11) is 4.04. The van der Waals surface area contributed by atoms with Crippen LogP contribution in [0.2, 0.25) is 0 Å². The van der Waals surface area contributed by atoms with Crippen molar-refractivity contribution in [3.63, 3.8) is 0 Å². The first-order valence-electron chi connectivity index (χ1n) is 9.92. The third-order valence-corrected chi connectivity index (χ3v) is 5.41. The van der Waals surface area contributed by atoms with Crippen molar-refractivity contribution in [2.75, 3.05) is 37.0 Å². The molecule has 1 N–H and O–H groups in total. The van der Waals surface area contributed by atoms with Gasteiger partial charge < -0.3 is 14.9 Å². The van der Waals surface area contributed by atoms with E-state index in [1.807, 2.05) is 80.8 Å². The second-order valence-corrected chi connectivity index (χ2v) is 7.24. The molecular weight excluding hydrogens is 344 g/mol.